The average Bonchev–Trinajstić information content (AvgIpc) is 2.98. The minimum Gasteiger partial charge on any atom is -0.508 e. The molecule has 0 spiro atoms. The number of likely N-dealkylation sites (N-methyl/N-ethyl adjacent to an activating group) is 1. The van der Waals surface area contributed by atoms with E-state index < -0.39 is 0 Å². The van der Waals surface area contributed by atoms with Gasteiger partial charge in [0.25, 0.3) is 5.91 Å². The molecule has 1 fully saturated rings. The number of hydrogen-bond acceptors (Lipinski definition) is 6. The maximum Gasteiger partial charge on any atom is 0.338 e. The molecule has 1 N–H and O–H groups in total. The van der Waals surface area contributed by atoms with Gasteiger partial charge in [0, 0.05) is 6.54 Å². The molecule has 7 heteroatoms. The monoisotopic (exact) mass is 396 g/mol. The van der Waals surface area contributed by atoms with Crippen molar-refractivity contribution >= 4 is 40.6 Å². The highest BCUT2D eigenvalue weighted by Gasteiger charge is 2.32. The maximum atomic E-state index is 12.7. The first-order valence-corrected chi connectivity index (χ1v) is 9.69. The summed E-state index contributed by atoms with van der Waals surface area (Å²) in [5, 5.41) is 9.97. The number of rotatable bonds is 5. The number of esters is 1. The molecule has 0 unspecified atom stereocenters. The smallest absolute Gasteiger partial charge is 0.338 e. The van der Waals surface area contributed by atoms with Gasteiger partial charge in [-0.15, -0.1) is 0 Å². The Bertz CT molecular complexity index is 934. The quantitative estimate of drug-likeness (QED) is 0.605. The molecule has 1 saturated heterocycles. The standard InChI is InChI=1S/C21H20N2O4S/c1-3-23-19(25)18(13-14-5-11-17(24)12-6-14)28-21(23)22-16-9-7-15(8-10-16)20(26)27-4-2/h5-13,24H,3-4H2,1-2H3/b18-13-,22-21?. The van der Waals surface area contributed by atoms with Crippen LogP contribution in [0.15, 0.2) is 58.4 Å². The van der Waals surface area contributed by atoms with E-state index in [1.54, 1.807) is 66.4 Å². The Labute approximate surface area is 167 Å². The summed E-state index contributed by atoms with van der Waals surface area (Å²) < 4.78 is 4.97. The molecule has 1 aliphatic rings. The van der Waals surface area contributed by atoms with E-state index >= 15 is 0 Å². The summed E-state index contributed by atoms with van der Waals surface area (Å²) in [6, 6.07) is 13.4. The van der Waals surface area contributed by atoms with Crippen molar-refractivity contribution < 1.29 is 19.4 Å². The zero-order chi connectivity index (χ0) is 20.1. The first-order chi connectivity index (χ1) is 13.5. The summed E-state index contributed by atoms with van der Waals surface area (Å²) >= 11 is 1.30. The fourth-order valence-corrected chi connectivity index (χ4v) is 3.65. The largest absolute Gasteiger partial charge is 0.508 e. The average molecular weight is 396 g/mol. The summed E-state index contributed by atoms with van der Waals surface area (Å²) in [5.74, 6) is -0.305. The van der Waals surface area contributed by atoms with Crippen molar-refractivity contribution in [1.29, 1.82) is 0 Å². The molecule has 28 heavy (non-hydrogen) atoms. The van der Waals surface area contributed by atoms with E-state index in [1.807, 2.05) is 6.92 Å². The normalized spacial score (nSPS) is 16.8. The number of benzene rings is 2. The molecule has 0 bridgehead atoms. The van der Waals surface area contributed by atoms with Crippen LogP contribution in [0.4, 0.5) is 5.69 Å². The molecule has 0 aromatic heterocycles. The summed E-state index contributed by atoms with van der Waals surface area (Å²) in [6.07, 6.45) is 1.78. The number of phenolic OH excluding ortho intramolecular Hbond substituents is 1. The fourth-order valence-electron chi connectivity index (χ4n) is 2.59. The molecule has 0 saturated carbocycles. The lowest BCUT2D eigenvalue weighted by Crippen LogP contribution is -2.28. The molecular weight excluding hydrogens is 376 g/mol. The number of thioether (sulfide) groups is 1. The number of amides is 1. The Hall–Kier alpha value is -3.06. The molecular formula is C21H20N2O4S. The summed E-state index contributed by atoms with van der Waals surface area (Å²) in [4.78, 5) is 31.1. The Morgan fingerprint density at radius 3 is 2.43 bits per heavy atom. The first kappa shape index (κ1) is 19.7. The van der Waals surface area contributed by atoms with Gasteiger partial charge in [0.2, 0.25) is 0 Å². The predicted octanol–water partition coefficient (Wildman–Crippen LogP) is 4.19. The highest BCUT2D eigenvalue weighted by molar-refractivity contribution is 8.18. The number of aliphatic imine (C=N–C) groups is 1. The van der Waals surface area contributed by atoms with Crippen LogP contribution in [0.1, 0.15) is 29.8 Å². The van der Waals surface area contributed by atoms with Gasteiger partial charge in [0.05, 0.1) is 22.8 Å². The van der Waals surface area contributed by atoms with E-state index in [4.69, 9.17) is 4.74 Å². The van der Waals surface area contributed by atoms with Crippen molar-refractivity contribution in [2.75, 3.05) is 13.2 Å². The van der Waals surface area contributed by atoms with Crippen molar-refractivity contribution in [3.8, 4) is 5.75 Å². The van der Waals surface area contributed by atoms with Crippen LogP contribution in [0.2, 0.25) is 0 Å². The molecule has 6 nitrogen and oxygen atoms in total. The zero-order valence-corrected chi connectivity index (χ0v) is 16.4. The Morgan fingerprint density at radius 1 is 1.14 bits per heavy atom. The fraction of sp³-hybridized carbons (Fsp3) is 0.190. The van der Waals surface area contributed by atoms with E-state index in [0.717, 1.165) is 5.56 Å². The number of hydrogen-bond donors (Lipinski definition) is 1. The van der Waals surface area contributed by atoms with Crippen LogP contribution in [-0.4, -0.2) is 40.2 Å². The number of carbonyl (C=O) groups excluding carboxylic acids is 2. The second-order valence-corrected chi connectivity index (χ2v) is 6.92. The maximum absolute atomic E-state index is 12.7. The topological polar surface area (TPSA) is 79.2 Å². The first-order valence-electron chi connectivity index (χ1n) is 8.88. The molecule has 1 heterocycles. The molecule has 3 rings (SSSR count). The van der Waals surface area contributed by atoms with Gasteiger partial charge in [-0.1, -0.05) is 12.1 Å². The molecule has 1 amide bonds. The molecule has 2 aromatic rings. The van der Waals surface area contributed by atoms with Gasteiger partial charge >= 0.3 is 5.97 Å². The number of carbonyl (C=O) groups is 2. The van der Waals surface area contributed by atoms with Gasteiger partial charge in [-0.2, -0.15) is 0 Å². The summed E-state index contributed by atoms with van der Waals surface area (Å²) in [7, 11) is 0. The third kappa shape index (κ3) is 4.43. The number of aromatic hydroxyl groups is 1. The lowest BCUT2D eigenvalue weighted by molar-refractivity contribution is -0.122. The van der Waals surface area contributed by atoms with Gasteiger partial charge < -0.3 is 9.84 Å². The molecule has 144 valence electrons. The number of nitrogens with zero attached hydrogens (tertiary/aromatic N) is 2. The van der Waals surface area contributed by atoms with Crippen LogP contribution >= 0.6 is 11.8 Å². The van der Waals surface area contributed by atoms with E-state index in [-0.39, 0.29) is 17.6 Å². The van der Waals surface area contributed by atoms with E-state index in [0.29, 0.717) is 34.5 Å². The number of ether oxygens (including phenoxy) is 1. The third-order valence-electron chi connectivity index (χ3n) is 4.00. The minimum atomic E-state index is -0.374. The van der Waals surface area contributed by atoms with Crippen LogP contribution in [0.3, 0.4) is 0 Å². The van der Waals surface area contributed by atoms with E-state index in [9.17, 15) is 14.7 Å². The molecule has 0 atom stereocenters. The predicted molar refractivity (Wildman–Crippen MR) is 111 cm³/mol. The van der Waals surface area contributed by atoms with Crippen molar-refractivity contribution in [3.63, 3.8) is 0 Å². The van der Waals surface area contributed by atoms with Crippen molar-refractivity contribution in [1.82, 2.24) is 4.90 Å². The van der Waals surface area contributed by atoms with Crippen molar-refractivity contribution in [2.24, 2.45) is 4.99 Å². The van der Waals surface area contributed by atoms with Gasteiger partial charge in [0.1, 0.15) is 5.75 Å². The SMILES string of the molecule is CCOC(=O)c1ccc(N=C2S/C(=C\c3ccc(O)cc3)C(=O)N2CC)cc1. The lowest BCUT2D eigenvalue weighted by atomic mass is 10.2. The van der Waals surface area contributed by atoms with Gasteiger partial charge in [0.15, 0.2) is 5.17 Å². The third-order valence-corrected chi connectivity index (χ3v) is 5.00. The van der Waals surface area contributed by atoms with Gasteiger partial charge in [-0.05, 0) is 73.6 Å². The number of phenols is 1. The van der Waals surface area contributed by atoms with Crippen LogP contribution < -0.4 is 0 Å². The van der Waals surface area contributed by atoms with Crippen molar-refractivity contribution in [2.45, 2.75) is 13.8 Å². The van der Waals surface area contributed by atoms with Gasteiger partial charge in [-0.25, -0.2) is 9.79 Å². The van der Waals surface area contributed by atoms with Crippen molar-refractivity contribution in [3.05, 3.63) is 64.6 Å². The lowest BCUT2D eigenvalue weighted by Gasteiger charge is -2.12. The van der Waals surface area contributed by atoms with Crippen LogP contribution in [0.25, 0.3) is 6.08 Å². The van der Waals surface area contributed by atoms with E-state index in [1.165, 1.54) is 11.8 Å². The highest BCUT2D eigenvalue weighted by Crippen LogP contribution is 2.34. The molecule has 0 radical (unpaired) electrons. The van der Waals surface area contributed by atoms with E-state index in [2.05, 4.69) is 4.99 Å². The van der Waals surface area contributed by atoms with Gasteiger partial charge in [-0.3, -0.25) is 9.69 Å². The second-order valence-electron chi connectivity index (χ2n) is 5.91. The van der Waals surface area contributed by atoms with Crippen LogP contribution in [-0.2, 0) is 9.53 Å². The minimum absolute atomic E-state index is 0.109. The molecule has 1 aliphatic heterocycles. The Balaban J connectivity index is 1.83. The van der Waals surface area contributed by atoms with Crippen LogP contribution in [0.5, 0.6) is 5.75 Å². The Morgan fingerprint density at radius 2 is 1.82 bits per heavy atom. The van der Waals surface area contributed by atoms with Crippen LogP contribution in [0, 0.1) is 0 Å². The zero-order valence-electron chi connectivity index (χ0n) is 15.6. The summed E-state index contributed by atoms with van der Waals surface area (Å²) in [5.41, 5.74) is 1.93. The molecule has 0 aliphatic carbocycles. The summed E-state index contributed by atoms with van der Waals surface area (Å²) in [6.45, 7) is 4.47. The second kappa shape index (κ2) is 8.75. The molecule has 2 aromatic carbocycles. The Kier molecular flexibility index (Phi) is 6.16. The number of amidine groups is 1. The highest BCUT2D eigenvalue weighted by atomic mass is 32.2.